The van der Waals surface area contributed by atoms with E-state index < -0.39 is 0 Å². The molecule has 0 radical (unpaired) electrons. The highest BCUT2D eigenvalue weighted by Gasteiger charge is 2.64. The molecule has 0 aliphatic heterocycles. The first-order valence-electron chi connectivity index (χ1n) is 14.3. The number of nitrogens with zero attached hydrogens (tertiary/aromatic N) is 1. The quantitative estimate of drug-likeness (QED) is 0.403. The first-order valence-corrected chi connectivity index (χ1v) is 14.3. The molecule has 0 bridgehead atoms. The molecule has 196 valence electrons. The number of methoxy groups -OCH3 is 1. The Hall–Kier alpha value is -1.73. The number of fused-ring (bicyclic) bond motifs is 7. The molecule has 5 aliphatic carbocycles. The molecule has 4 nitrogen and oxygen atoms in total. The van der Waals surface area contributed by atoms with E-state index in [1.54, 1.807) is 7.11 Å². The van der Waals surface area contributed by atoms with Crippen molar-refractivity contribution >= 4 is 11.6 Å². The van der Waals surface area contributed by atoms with Crippen molar-refractivity contribution in [3.05, 3.63) is 23.3 Å². The number of hydrogen-bond donors (Lipinski definition) is 0. The van der Waals surface area contributed by atoms with Crippen LogP contribution in [0.3, 0.4) is 0 Å². The van der Waals surface area contributed by atoms with Gasteiger partial charge in [-0.1, -0.05) is 46.3 Å². The Bertz CT molecular complexity index is 1060. The number of rotatable bonds is 4. The van der Waals surface area contributed by atoms with Crippen molar-refractivity contribution in [2.75, 3.05) is 13.7 Å². The molecule has 0 spiro atoms. The summed E-state index contributed by atoms with van der Waals surface area (Å²) < 4.78 is 5.44. The Labute approximate surface area is 217 Å². The zero-order valence-corrected chi connectivity index (χ0v) is 23.3. The smallest absolute Gasteiger partial charge is 0.176 e. The molecule has 8 unspecified atom stereocenters. The maximum atomic E-state index is 14.3. The van der Waals surface area contributed by atoms with Crippen LogP contribution in [0.5, 0.6) is 0 Å². The first-order chi connectivity index (χ1) is 16.9. The minimum Gasteiger partial charge on any atom is -0.385 e. The largest absolute Gasteiger partial charge is 0.385 e. The monoisotopic (exact) mass is 491 g/mol. The molecule has 0 aromatic heterocycles. The van der Waals surface area contributed by atoms with Gasteiger partial charge in [0.05, 0.1) is 5.57 Å². The van der Waals surface area contributed by atoms with E-state index in [4.69, 9.17) is 4.74 Å². The summed E-state index contributed by atoms with van der Waals surface area (Å²) in [6.07, 6.45) is 14.1. The van der Waals surface area contributed by atoms with E-state index in [0.717, 1.165) is 45.1 Å². The van der Waals surface area contributed by atoms with Gasteiger partial charge in [0.25, 0.3) is 0 Å². The molecule has 0 aromatic rings. The third-order valence-corrected chi connectivity index (χ3v) is 11.9. The van der Waals surface area contributed by atoms with Gasteiger partial charge < -0.3 is 4.74 Å². The summed E-state index contributed by atoms with van der Waals surface area (Å²) in [7, 11) is 1.79. The molecular weight excluding hydrogens is 446 g/mol. The third-order valence-electron chi connectivity index (χ3n) is 11.9. The Morgan fingerprint density at radius 2 is 1.78 bits per heavy atom. The number of hydrogen-bond acceptors (Lipinski definition) is 4. The molecule has 4 heteroatoms. The van der Waals surface area contributed by atoms with E-state index in [-0.39, 0.29) is 50.8 Å². The van der Waals surface area contributed by atoms with E-state index in [0.29, 0.717) is 17.6 Å². The van der Waals surface area contributed by atoms with Gasteiger partial charge in [-0.3, -0.25) is 9.59 Å². The van der Waals surface area contributed by atoms with Crippen LogP contribution < -0.4 is 0 Å². The molecule has 0 heterocycles. The zero-order valence-electron chi connectivity index (χ0n) is 23.3. The van der Waals surface area contributed by atoms with Crippen LogP contribution in [0.4, 0.5) is 0 Å². The summed E-state index contributed by atoms with van der Waals surface area (Å²) in [6, 6.07) is 2.18. The van der Waals surface area contributed by atoms with Gasteiger partial charge in [-0.2, -0.15) is 5.26 Å². The van der Waals surface area contributed by atoms with Gasteiger partial charge in [-0.15, -0.1) is 0 Å². The summed E-state index contributed by atoms with van der Waals surface area (Å²) in [5.74, 6) is 1.14. The van der Waals surface area contributed by atoms with Crippen molar-refractivity contribution in [3.8, 4) is 6.07 Å². The van der Waals surface area contributed by atoms with Crippen LogP contribution in [-0.4, -0.2) is 25.3 Å². The van der Waals surface area contributed by atoms with Gasteiger partial charge in [0.1, 0.15) is 6.07 Å². The van der Waals surface area contributed by atoms with E-state index in [9.17, 15) is 14.9 Å². The molecule has 0 amide bonds. The van der Waals surface area contributed by atoms with Gasteiger partial charge in [-0.25, -0.2) is 0 Å². The van der Waals surface area contributed by atoms with Crippen LogP contribution in [0.15, 0.2) is 23.3 Å². The van der Waals surface area contributed by atoms with E-state index in [1.165, 1.54) is 24.8 Å². The van der Waals surface area contributed by atoms with Crippen molar-refractivity contribution < 1.29 is 14.3 Å². The topological polar surface area (TPSA) is 67.2 Å². The molecule has 36 heavy (non-hydrogen) atoms. The minimum atomic E-state index is -0.385. The number of carbonyl (C=O) groups is 2. The maximum Gasteiger partial charge on any atom is 0.176 e. The fourth-order valence-corrected chi connectivity index (χ4v) is 9.94. The highest BCUT2D eigenvalue weighted by molar-refractivity contribution is 6.02. The predicted octanol–water partition coefficient (Wildman–Crippen LogP) is 6.85. The van der Waals surface area contributed by atoms with Crippen LogP contribution in [0.2, 0.25) is 0 Å². The second-order valence-corrected chi connectivity index (χ2v) is 14.3. The highest BCUT2D eigenvalue weighted by atomic mass is 16.5. The van der Waals surface area contributed by atoms with Crippen molar-refractivity contribution in [2.45, 2.75) is 92.4 Å². The minimum absolute atomic E-state index is 0.0202. The highest BCUT2D eigenvalue weighted by Crippen LogP contribution is 2.70. The number of ether oxygens (including phenoxy) is 1. The van der Waals surface area contributed by atoms with Crippen molar-refractivity contribution in [1.29, 1.82) is 5.26 Å². The fraction of sp³-hybridized carbons (Fsp3) is 0.781. The van der Waals surface area contributed by atoms with E-state index in [2.05, 4.69) is 33.8 Å². The summed E-state index contributed by atoms with van der Waals surface area (Å²) in [4.78, 5) is 27.1. The number of Topliss-reactive ketones (excluding diaryl/α,β-unsaturated/α-hetero) is 1. The van der Waals surface area contributed by atoms with Crippen molar-refractivity contribution in [3.63, 3.8) is 0 Å². The Morgan fingerprint density at radius 1 is 1.06 bits per heavy atom. The first kappa shape index (κ1) is 25.9. The predicted molar refractivity (Wildman–Crippen MR) is 141 cm³/mol. The second kappa shape index (κ2) is 8.65. The number of ketones is 2. The lowest BCUT2D eigenvalue weighted by Gasteiger charge is -2.65. The maximum absolute atomic E-state index is 14.3. The summed E-state index contributed by atoms with van der Waals surface area (Å²) in [5.41, 5.74) is 1.59. The van der Waals surface area contributed by atoms with Gasteiger partial charge in [0, 0.05) is 31.0 Å². The Morgan fingerprint density at radius 3 is 2.47 bits per heavy atom. The van der Waals surface area contributed by atoms with Crippen LogP contribution >= 0.6 is 0 Å². The van der Waals surface area contributed by atoms with Gasteiger partial charge >= 0.3 is 0 Å². The summed E-state index contributed by atoms with van der Waals surface area (Å²) in [6.45, 7) is 12.2. The molecule has 3 fully saturated rings. The van der Waals surface area contributed by atoms with Crippen molar-refractivity contribution in [1.82, 2.24) is 0 Å². The fourth-order valence-electron chi connectivity index (χ4n) is 9.94. The third kappa shape index (κ3) is 3.63. The normalized spacial score (nSPS) is 45.3. The SMILES string of the molecule is COCCCC12CCC(C)(C)CC1C1C(=O)C=C3C(CCC4C(C)C(=O)C(C#N)=CC34C)C1(C)CC2. The van der Waals surface area contributed by atoms with Crippen molar-refractivity contribution in [2.24, 2.45) is 51.2 Å². The molecule has 0 saturated heterocycles. The Balaban J connectivity index is 1.59. The lowest BCUT2D eigenvalue weighted by Crippen LogP contribution is -2.60. The Kier molecular flexibility index (Phi) is 6.23. The molecule has 0 N–H and O–H groups in total. The van der Waals surface area contributed by atoms with Gasteiger partial charge in [-0.05, 0) is 97.9 Å². The van der Waals surface area contributed by atoms with Gasteiger partial charge in [0.15, 0.2) is 11.6 Å². The molecule has 8 atom stereocenters. The standard InChI is InChI=1S/C32H45NO3/c1-20-22-8-9-23-24(31(22,5)17-21(19-33)28(20)35)16-26(34)27-25-18-29(2,3)11-13-32(25,10-7-15-36-6)14-12-30(23,27)4/h16-17,20,22-23,25,27H,7-15,18H2,1-6H3. The molecule has 5 aliphatic rings. The second-order valence-electron chi connectivity index (χ2n) is 14.3. The van der Waals surface area contributed by atoms with Gasteiger partial charge in [0.2, 0.25) is 0 Å². The molecular formula is C32H45NO3. The average Bonchev–Trinajstić information content (AvgIpc) is 2.82. The number of allylic oxidation sites excluding steroid dienone is 4. The van der Waals surface area contributed by atoms with E-state index >= 15 is 0 Å². The lowest BCUT2D eigenvalue weighted by atomic mass is 9.38. The van der Waals surface area contributed by atoms with Crippen LogP contribution in [0, 0.1) is 62.6 Å². The van der Waals surface area contributed by atoms with Crippen LogP contribution in [0.1, 0.15) is 92.4 Å². The van der Waals surface area contributed by atoms with E-state index in [1.807, 2.05) is 19.1 Å². The molecule has 5 rings (SSSR count). The lowest BCUT2D eigenvalue weighted by molar-refractivity contribution is -0.157. The zero-order chi connectivity index (χ0) is 26.1. The summed E-state index contributed by atoms with van der Waals surface area (Å²) >= 11 is 0. The van der Waals surface area contributed by atoms with Crippen LogP contribution in [0.25, 0.3) is 0 Å². The average molecular weight is 492 g/mol. The number of nitriles is 1. The number of carbonyl (C=O) groups excluding carboxylic acids is 2. The van der Waals surface area contributed by atoms with Crippen LogP contribution in [-0.2, 0) is 14.3 Å². The summed E-state index contributed by atoms with van der Waals surface area (Å²) in [5, 5.41) is 9.73. The molecule has 3 saturated carbocycles. The molecule has 0 aromatic carbocycles.